The molecule has 0 spiro atoms. The fraction of sp³-hybridized carbons (Fsp3) is 0.333. The number of rotatable bonds is 3. The minimum Gasteiger partial charge on any atom is -0.464 e. The standard InChI is InChI=1S/C12H14O3S/c1-9(2)16(13,14)8-10-7-15-12-6-4-3-5-11(10)12/h3-7,9H,8H2,1-2H3. The third-order valence-corrected chi connectivity index (χ3v) is 4.79. The summed E-state index contributed by atoms with van der Waals surface area (Å²) < 4.78 is 28.9. The molecule has 86 valence electrons. The third kappa shape index (κ3) is 1.97. The van der Waals surface area contributed by atoms with Gasteiger partial charge in [0.2, 0.25) is 0 Å². The molecule has 0 radical (unpaired) electrons. The van der Waals surface area contributed by atoms with Gasteiger partial charge in [-0.15, -0.1) is 0 Å². The van der Waals surface area contributed by atoms with Crippen LogP contribution in [0.15, 0.2) is 34.9 Å². The number of fused-ring (bicyclic) bond motifs is 1. The van der Waals surface area contributed by atoms with Crippen LogP contribution in [-0.2, 0) is 15.6 Å². The highest BCUT2D eigenvalue weighted by molar-refractivity contribution is 7.91. The van der Waals surface area contributed by atoms with Gasteiger partial charge in [-0.1, -0.05) is 18.2 Å². The molecule has 4 heteroatoms. The highest BCUT2D eigenvalue weighted by Crippen LogP contribution is 2.23. The lowest BCUT2D eigenvalue weighted by Gasteiger charge is -2.05. The van der Waals surface area contributed by atoms with Gasteiger partial charge in [0.15, 0.2) is 9.84 Å². The lowest BCUT2D eigenvalue weighted by Crippen LogP contribution is -2.15. The van der Waals surface area contributed by atoms with Gasteiger partial charge in [-0.2, -0.15) is 0 Å². The minimum atomic E-state index is -3.07. The Bertz CT molecular complexity index is 594. The number of furan rings is 1. The van der Waals surface area contributed by atoms with Gasteiger partial charge in [-0.25, -0.2) is 8.42 Å². The SMILES string of the molecule is CC(C)S(=O)(=O)Cc1coc2ccccc12. The molecule has 0 aliphatic heterocycles. The Morgan fingerprint density at radius 3 is 2.62 bits per heavy atom. The zero-order chi connectivity index (χ0) is 11.8. The lowest BCUT2D eigenvalue weighted by molar-refractivity contribution is 0.584. The topological polar surface area (TPSA) is 47.3 Å². The Labute approximate surface area is 95.0 Å². The highest BCUT2D eigenvalue weighted by atomic mass is 32.2. The molecule has 0 bridgehead atoms. The molecule has 2 rings (SSSR count). The van der Waals surface area contributed by atoms with Gasteiger partial charge in [0.05, 0.1) is 17.3 Å². The van der Waals surface area contributed by atoms with Crippen LogP contribution in [0.4, 0.5) is 0 Å². The molecule has 1 heterocycles. The summed E-state index contributed by atoms with van der Waals surface area (Å²) in [6.07, 6.45) is 1.53. The molecule has 0 N–H and O–H groups in total. The second kappa shape index (κ2) is 3.94. The van der Waals surface area contributed by atoms with Gasteiger partial charge < -0.3 is 4.42 Å². The van der Waals surface area contributed by atoms with E-state index in [1.165, 1.54) is 6.26 Å². The quantitative estimate of drug-likeness (QED) is 0.826. The Morgan fingerprint density at radius 2 is 1.94 bits per heavy atom. The van der Waals surface area contributed by atoms with Crippen molar-refractivity contribution in [3.05, 3.63) is 36.1 Å². The molecule has 0 unspecified atom stereocenters. The maximum absolute atomic E-state index is 11.8. The largest absolute Gasteiger partial charge is 0.464 e. The average molecular weight is 238 g/mol. The van der Waals surface area contributed by atoms with Crippen molar-refractivity contribution in [2.75, 3.05) is 0 Å². The second-order valence-corrected chi connectivity index (χ2v) is 6.67. The van der Waals surface area contributed by atoms with Gasteiger partial charge in [0.1, 0.15) is 5.58 Å². The highest BCUT2D eigenvalue weighted by Gasteiger charge is 2.19. The first-order chi connectivity index (χ1) is 7.50. The minimum absolute atomic E-state index is 0.0433. The van der Waals surface area contributed by atoms with Gasteiger partial charge in [0.25, 0.3) is 0 Å². The summed E-state index contributed by atoms with van der Waals surface area (Å²) in [5.74, 6) is 0.0433. The van der Waals surface area contributed by atoms with Crippen molar-refractivity contribution in [3.63, 3.8) is 0 Å². The Balaban J connectivity index is 2.43. The molecule has 16 heavy (non-hydrogen) atoms. The number of benzene rings is 1. The van der Waals surface area contributed by atoms with Crippen LogP contribution in [0.5, 0.6) is 0 Å². The molecule has 0 aliphatic carbocycles. The summed E-state index contributed by atoms with van der Waals surface area (Å²) in [5.41, 5.74) is 1.47. The summed E-state index contributed by atoms with van der Waals surface area (Å²) in [6.45, 7) is 3.38. The molecule has 1 aromatic carbocycles. The van der Waals surface area contributed by atoms with Gasteiger partial charge in [-0.3, -0.25) is 0 Å². The number of hydrogen-bond acceptors (Lipinski definition) is 3. The summed E-state index contributed by atoms with van der Waals surface area (Å²) in [6, 6.07) is 7.46. The van der Waals surface area contributed by atoms with Crippen molar-refractivity contribution >= 4 is 20.8 Å². The van der Waals surface area contributed by atoms with E-state index in [-0.39, 0.29) is 11.0 Å². The number of sulfone groups is 1. The first kappa shape index (κ1) is 11.2. The molecular formula is C12H14O3S. The van der Waals surface area contributed by atoms with E-state index in [0.717, 1.165) is 16.5 Å². The van der Waals surface area contributed by atoms with Crippen LogP contribution in [0.25, 0.3) is 11.0 Å². The van der Waals surface area contributed by atoms with Crippen LogP contribution in [0.1, 0.15) is 19.4 Å². The average Bonchev–Trinajstić information content (AvgIpc) is 2.61. The van der Waals surface area contributed by atoms with Crippen LogP contribution < -0.4 is 0 Å². The maximum atomic E-state index is 11.8. The number of para-hydroxylation sites is 1. The molecule has 1 aromatic heterocycles. The van der Waals surface area contributed by atoms with Crippen molar-refractivity contribution in [2.24, 2.45) is 0 Å². The van der Waals surface area contributed by atoms with Crippen LogP contribution >= 0.6 is 0 Å². The van der Waals surface area contributed by atoms with Crippen molar-refractivity contribution in [3.8, 4) is 0 Å². The molecular weight excluding hydrogens is 224 g/mol. The molecule has 0 saturated carbocycles. The summed E-state index contributed by atoms with van der Waals surface area (Å²) >= 11 is 0. The summed E-state index contributed by atoms with van der Waals surface area (Å²) in [7, 11) is -3.07. The predicted octanol–water partition coefficient (Wildman–Crippen LogP) is 2.76. The van der Waals surface area contributed by atoms with Gasteiger partial charge >= 0.3 is 0 Å². The first-order valence-corrected chi connectivity index (χ1v) is 6.89. The fourth-order valence-corrected chi connectivity index (χ4v) is 2.52. The zero-order valence-corrected chi connectivity index (χ0v) is 10.1. The van der Waals surface area contributed by atoms with Crippen LogP contribution in [0.2, 0.25) is 0 Å². The van der Waals surface area contributed by atoms with E-state index in [4.69, 9.17) is 4.42 Å². The van der Waals surface area contributed by atoms with Crippen LogP contribution in [0.3, 0.4) is 0 Å². The molecule has 0 aliphatic rings. The summed E-state index contributed by atoms with van der Waals surface area (Å²) in [4.78, 5) is 0. The lowest BCUT2D eigenvalue weighted by atomic mass is 10.2. The second-order valence-electron chi connectivity index (χ2n) is 4.11. The van der Waals surface area contributed by atoms with E-state index in [1.807, 2.05) is 24.3 Å². The Kier molecular flexibility index (Phi) is 2.76. The molecule has 0 fully saturated rings. The van der Waals surface area contributed by atoms with E-state index < -0.39 is 9.84 Å². The van der Waals surface area contributed by atoms with E-state index >= 15 is 0 Å². The van der Waals surface area contributed by atoms with Crippen LogP contribution in [0, 0.1) is 0 Å². The normalized spacial score (nSPS) is 12.4. The maximum Gasteiger partial charge on any atom is 0.156 e. The predicted molar refractivity (Wildman–Crippen MR) is 64.0 cm³/mol. The third-order valence-electron chi connectivity index (χ3n) is 2.64. The molecule has 0 atom stereocenters. The molecule has 0 saturated heterocycles. The Morgan fingerprint density at radius 1 is 1.25 bits per heavy atom. The summed E-state index contributed by atoms with van der Waals surface area (Å²) in [5, 5.41) is 0.521. The van der Waals surface area contributed by atoms with Gasteiger partial charge in [-0.05, 0) is 19.9 Å². The van der Waals surface area contributed by atoms with Crippen molar-refractivity contribution in [2.45, 2.75) is 24.9 Å². The zero-order valence-electron chi connectivity index (χ0n) is 9.30. The number of hydrogen-bond donors (Lipinski definition) is 0. The van der Waals surface area contributed by atoms with Crippen molar-refractivity contribution in [1.29, 1.82) is 0 Å². The van der Waals surface area contributed by atoms with Crippen molar-refractivity contribution in [1.82, 2.24) is 0 Å². The van der Waals surface area contributed by atoms with E-state index in [1.54, 1.807) is 13.8 Å². The Hall–Kier alpha value is -1.29. The molecule has 2 aromatic rings. The fourth-order valence-electron chi connectivity index (χ4n) is 1.53. The molecule has 0 amide bonds. The van der Waals surface area contributed by atoms with E-state index in [2.05, 4.69) is 0 Å². The first-order valence-electron chi connectivity index (χ1n) is 5.17. The smallest absolute Gasteiger partial charge is 0.156 e. The van der Waals surface area contributed by atoms with Crippen LogP contribution in [-0.4, -0.2) is 13.7 Å². The molecule has 3 nitrogen and oxygen atoms in total. The van der Waals surface area contributed by atoms with Gasteiger partial charge in [0, 0.05) is 10.9 Å². The van der Waals surface area contributed by atoms with E-state index in [0.29, 0.717) is 0 Å². The van der Waals surface area contributed by atoms with Crippen molar-refractivity contribution < 1.29 is 12.8 Å². The monoisotopic (exact) mass is 238 g/mol. The van der Waals surface area contributed by atoms with E-state index in [9.17, 15) is 8.42 Å².